The summed E-state index contributed by atoms with van der Waals surface area (Å²) < 4.78 is 6.09. The lowest BCUT2D eigenvalue weighted by atomic mass is 10.0. The molecule has 0 spiro atoms. The number of carboxylic acid groups (broad SMARTS) is 2. The van der Waals surface area contributed by atoms with Crippen LogP contribution in [0.1, 0.15) is 18.0 Å². The van der Waals surface area contributed by atoms with E-state index in [-0.39, 0.29) is 0 Å². The van der Waals surface area contributed by atoms with Crippen molar-refractivity contribution in [2.24, 2.45) is 0 Å². The highest BCUT2D eigenvalue weighted by Crippen LogP contribution is 2.27. The molecule has 33 heavy (non-hydrogen) atoms. The van der Waals surface area contributed by atoms with Crippen LogP contribution < -0.4 is 4.74 Å². The number of ether oxygens (including phenoxy) is 1. The van der Waals surface area contributed by atoms with Crippen LogP contribution in [0.5, 0.6) is 5.75 Å². The molecule has 0 aromatic heterocycles. The summed E-state index contributed by atoms with van der Waals surface area (Å²) in [5.41, 5.74) is 1.33. The summed E-state index contributed by atoms with van der Waals surface area (Å²) >= 11 is 0. The van der Waals surface area contributed by atoms with Gasteiger partial charge in [0, 0.05) is 17.8 Å². The molecule has 3 rings (SSSR count). The van der Waals surface area contributed by atoms with E-state index in [2.05, 4.69) is 91.8 Å². The van der Waals surface area contributed by atoms with Crippen molar-refractivity contribution in [2.75, 3.05) is 20.7 Å². The van der Waals surface area contributed by atoms with Gasteiger partial charge in [-0.15, -0.1) is 0 Å². The molecule has 8 heteroatoms. The summed E-state index contributed by atoms with van der Waals surface area (Å²) in [4.78, 5) is 21.8. The Labute approximate surface area is 192 Å². The van der Waals surface area contributed by atoms with Gasteiger partial charge in [-0.2, -0.15) is 0 Å². The molecule has 4 N–H and O–H groups in total. The first-order valence-corrected chi connectivity index (χ1v) is 10.4. The van der Waals surface area contributed by atoms with Crippen LogP contribution in [0.4, 0.5) is 0 Å². The number of aliphatic hydroxyl groups excluding tert-OH is 2. The van der Waals surface area contributed by atoms with E-state index in [4.69, 9.17) is 25.2 Å². The number of aliphatic hydroxyl groups is 2. The minimum absolute atomic E-state index is 0.367. The molecule has 176 valence electrons. The third-order valence-electron chi connectivity index (χ3n) is 5.01. The van der Waals surface area contributed by atoms with E-state index in [1.54, 1.807) is 0 Å². The first-order valence-electron chi connectivity index (χ1n) is 10.4. The van der Waals surface area contributed by atoms with Crippen molar-refractivity contribution in [1.82, 2.24) is 4.90 Å². The normalized spacial score (nSPS) is 13.5. The van der Waals surface area contributed by atoms with Crippen molar-refractivity contribution in [1.29, 1.82) is 0 Å². The summed E-state index contributed by atoms with van der Waals surface area (Å²) in [6, 6.07) is 25.6. The Morgan fingerprint density at radius 1 is 0.818 bits per heavy atom. The molecule has 3 aromatic carbocycles. The van der Waals surface area contributed by atoms with Gasteiger partial charge in [-0.3, -0.25) is 0 Å². The molecule has 0 heterocycles. The fourth-order valence-corrected chi connectivity index (χ4v) is 3.27. The van der Waals surface area contributed by atoms with Gasteiger partial charge in [-0.25, -0.2) is 9.59 Å². The van der Waals surface area contributed by atoms with Crippen LogP contribution in [0.15, 0.2) is 72.8 Å². The molecule has 8 nitrogen and oxygen atoms in total. The predicted octanol–water partition coefficient (Wildman–Crippen LogP) is 2.79. The van der Waals surface area contributed by atoms with Gasteiger partial charge in [0.2, 0.25) is 0 Å². The zero-order valence-electron chi connectivity index (χ0n) is 18.5. The average Bonchev–Trinajstić information content (AvgIpc) is 2.81. The van der Waals surface area contributed by atoms with Gasteiger partial charge in [0.05, 0.1) is 6.61 Å². The maximum Gasteiger partial charge on any atom is 0.335 e. The lowest BCUT2D eigenvalue weighted by molar-refractivity contribution is -0.165. The van der Waals surface area contributed by atoms with E-state index in [0.717, 1.165) is 12.2 Å². The van der Waals surface area contributed by atoms with Crippen LogP contribution in [0.2, 0.25) is 0 Å². The molecule has 0 amide bonds. The maximum atomic E-state index is 9.77. The van der Waals surface area contributed by atoms with Crippen LogP contribution in [0, 0.1) is 0 Å². The van der Waals surface area contributed by atoms with Crippen molar-refractivity contribution < 1.29 is 34.8 Å². The maximum absolute atomic E-state index is 9.77. The van der Waals surface area contributed by atoms with Gasteiger partial charge in [-0.1, -0.05) is 66.7 Å². The monoisotopic (exact) mass is 455 g/mol. The number of nitrogens with zero attached hydrogens (tertiary/aromatic N) is 1. The molecular formula is C25H29NO7. The second kappa shape index (κ2) is 12.5. The van der Waals surface area contributed by atoms with E-state index < -0.39 is 24.1 Å². The van der Waals surface area contributed by atoms with Crippen LogP contribution in [-0.2, 0) is 9.59 Å². The van der Waals surface area contributed by atoms with Crippen molar-refractivity contribution in [3.63, 3.8) is 0 Å². The molecule has 0 aliphatic carbocycles. The Morgan fingerprint density at radius 3 is 1.94 bits per heavy atom. The lowest BCUT2D eigenvalue weighted by Crippen LogP contribution is -2.39. The Kier molecular flexibility index (Phi) is 9.81. The summed E-state index contributed by atoms with van der Waals surface area (Å²) in [6.45, 7) is 0.700. The van der Waals surface area contributed by atoms with Gasteiger partial charge in [0.25, 0.3) is 0 Å². The first kappa shape index (κ1) is 25.8. The number of hydrogen-bond acceptors (Lipinski definition) is 6. The summed E-state index contributed by atoms with van der Waals surface area (Å²) in [5.74, 6) is -2.57. The van der Waals surface area contributed by atoms with Crippen molar-refractivity contribution >= 4 is 22.7 Å². The molecule has 0 radical (unpaired) electrons. The topological polar surface area (TPSA) is 128 Å². The second-order valence-electron chi connectivity index (χ2n) is 7.57. The van der Waals surface area contributed by atoms with E-state index in [1.165, 1.54) is 16.3 Å². The highest BCUT2D eigenvalue weighted by molar-refractivity contribution is 5.88. The number of benzene rings is 3. The first-order chi connectivity index (χ1) is 15.7. The van der Waals surface area contributed by atoms with E-state index in [0.29, 0.717) is 12.6 Å². The SMILES string of the molecule is CN(C)[C@H](CCOc1cccc2ccccc12)c1ccccc1.O=C(O)C(O)C(O)C(=O)O. The highest BCUT2D eigenvalue weighted by Gasteiger charge is 2.29. The summed E-state index contributed by atoms with van der Waals surface area (Å²) in [7, 11) is 4.24. The zero-order chi connectivity index (χ0) is 24.4. The van der Waals surface area contributed by atoms with Gasteiger partial charge in [0.15, 0.2) is 12.2 Å². The number of fused-ring (bicyclic) bond motifs is 1. The number of hydrogen-bond donors (Lipinski definition) is 4. The van der Waals surface area contributed by atoms with Gasteiger partial charge >= 0.3 is 11.9 Å². The molecule has 0 aliphatic heterocycles. The minimum atomic E-state index is -2.27. The van der Waals surface area contributed by atoms with Crippen LogP contribution in [-0.4, -0.2) is 70.2 Å². The standard InChI is InChI=1S/C21H23NO.C4H6O6/c1-22(2)20(18-10-4-3-5-11-18)15-16-23-21-14-8-12-17-9-6-7-13-19(17)21;5-1(3(7)8)2(6)4(9)10/h3-14,20H,15-16H2,1-2H3;1-2,5-6H,(H,7,8)(H,9,10)/t20-;/m1./s1. The third kappa shape index (κ3) is 7.57. The summed E-state index contributed by atoms with van der Waals surface area (Å²) in [6.07, 6.45) is -3.57. The molecule has 3 atom stereocenters. The van der Waals surface area contributed by atoms with Crippen LogP contribution >= 0.6 is 0 Å². The highest BCUT2D eigenvalue weighted by atomic mass is 16.5. The number of rotatable bonds is 9. The van der Waals surface area contributed by atoms with Gasteiger partial charge < -0.3 is 30.1 Å². The van der Waals surface area contributed by atoms with Crippen LogP contribution in [0.25, 0.3) is 10.8 Å². The van der Waals surface area contributed by atoms with E-state index in [9.17, 15) is 9.59 Å². The number of carbonyl (C=O) groups is 2. The number of carboxylic acids is 2. The Balaban J connectivity index is 0.000000328. The lowest BCUT2D eigenvalue weighted by Gasteiger charge is -2.25. The molecule has 0 bridgehead atoms. The molecule has 0 fully saturated rings. The molecule has 2 unspecified atom stereocenters. The summed E-state index contributed by atoms with van der Waals surface area (Å²) in [5, 5.41) is 34.9. The fourth-order valence-electron chi connectivity index (χ4n) is 3.27. The molecule has 0 saturated carbocycles. The van der Waals surface area contributed by atoms with Crippen LogP contribution in [0.3, 0.4) is 0 Å². The minimum Gasteiger partial charge on any atom is -0.493 e. The van der Waals surface area contributed by atoms with Crippen molar-refractivity contribution in [3.05, 3.63) is 78.4 Å². The third-order valence-corrected chi connectivity index (χ3v) is 5.01. The molecule has 3 aromatic rings. The molecular weight excluding hydrogens is 426 g/mol. The molecule has 0 aliphatic rings. The Hall–Kier alpha value is -3.46. The zero-order valence-corrected chi connectivity index (χ0v) is 18.5. The largest absolute Gasteiger partial charge is 0.493 e. The van der Waals surface area contributed by atoms with Crippen molar-refractivity contribution in [3.8, 4) is 5.75 Å². The van der Waals surface area contributed by atoms with Gasteiger partial charge in [-0.05, 0) is 31.1 Å². The van der Waals surface area contributed by atoms with Crippen molar-refractivity contribution in [2.45, 2.75) is 24.7 Å². The Bertz CT molecular complexity index is 1020. The number of aliphatic carboxylic acids is 2. The average molecular weight is 456 g/mol. The Morgan fingerprint density at radius 2 is 1.36 bits per heavy atom. The predicted molar refractivity (Wildman–Crippen MR) is 124 cm³/mol. The fraction of sp³-hybridized carbons (Fsp3) is 0.280. The smallest absolute Gasteiger partial charge is 0.335 e. The quantitative estimate of drug-likeness (QED) is 0.388. The van der Waals surface area contributed by atoms with E-state index in [1.807, 2.05) is 0 Å². The molecule has 0 saturated heterocycles. The second-order valence-corrected chi connectivity index (χ2v) is 7.57. The van der Waals surface area contributed by atoms with Gasteiger partial charge in [0.1, 0.15) is 5.75 Å². The van der Waals surface area contributed by atoms with E-state index >= 15 is 0 Å².